The summed E-state index contributed by atoms with van der Waals surface area (Å²) in [7, 11) is 0. The first-order valence-electron chi connectivity index (χ1n) is 9.80. The molecule has 1 fully saturated rings. The normalized spacial score (nSPS) is 17.2. The maximum Gasteiger partial charge on any atom is 0.249 e. The molecular weight excluding hydrogens is 386 g/mol. The average Bonchev–Trinajstić information content (AvgIpc) is 3.30. The SMILES string of the molecule is CC(C)(C)c1ccc(-c2noc(C3CCC(=O)N3Cc3ccc(Cl)cc3)n2)cc1. The van der Waals surface area contributed by atoms with Crippen LogP contribution in [-0.2, 0) is 16.8 Å². The summed E-state index contributed by atoms with van der Waals surface area (Å²) in [6.07, 6.45) is 1.16. The largest absolute Gasteiger partial charge is 0.337 e. The van der Waals surface area contributed by atoms with E-state index in [0.717, 1.165) is 11.1 Å². The van der Waals surface area contributed by atoms with Gasteiger partial charge in [-0.3, -0.25) is 4.79 Å². The number of rotatable bonds is 4. The zero-order chi connectivity index (χ0) is 20.6. The summed E-state index contributed by atoms with van der Waals surface area (Å²) < 4.78 is 5.56. The predicted octanol–water partition coefficient (Wildman–Crippen LogP) is 5.55. The molecule has 150 valence electrons. The summed E-state index contributed by atoms with van der Waals surface area (Å²) in [6.45, 7) is 7.04. The predicted molar refractivity (Wildman–Crippen MR) is 112 cm³/mol. The van der Waals surface area contributed by atoms with Crippen molar-refractivity contribution in [3.05, 3.63) is 70.6 Å². The number of hydrogen-bond acceptors (Lipinski definition) is 4. The first kappa shape index (κ1) is 19.6. The topological polar surface area (TPSA) is 59.2 Å². The fourth-order valence-corrected chi connectivity index (χ4v) is 3.71. The molecule has 1 unspecified atom stereocenters. The summed E-state index contributed by atoms with van der Waals surface area (Å²) >= 11 is 5.96. The van der Waals surface area contributed by atoms with Crippen molar-refractivity contribution >= 4 is 17.5 Å². The number of halogens is 1. The molecule has 1 atom stereocenters. The number of amides is 1. The van der Waals surface area contributed by atoms with E-state index in [0.29, 0.717) is 36.1 Å². The highest BCUT2D eigenvalue weighted by atomic mass is 35.5. The molecule has 1 amide bonds. The Labute approximate surface area is 175 Å². The van der Waals surface area contributed by atoms with E-state index in [1.165, 1.54) is 5.56 Å². The minimum Gasteiger partial charge on any atom is -0.337 e. The molecule has 1 aliphatic rings. The molecule has 4 rings (SSSR count). The van der Waals surface area contributed by atoms with Gasteiger partial charge in [0.25, 0.3) is 0 Å². The molecule has 2 aromatic carbocycles. The van der Waals surface area contributed by atoms with Crippen molar-refractivity contribution < 1.29 is 9.32 Å². The van der Waals surface area contributed by atoms with Gasteiger partial charge in [0.05, 0.1) is 0 Å². The standard InChI is InChI=1S/C23H24ClN3O2/c1-23(2,3)17-8-6-16(7-9-17)21-25-22(29-26-21)19-12-13-20(28)27(19)14-15-4-10-18(24)11-5-15/h4-11,19H,12-14H2,1-3H3. The number of benzene rings is 2. The van der Waals surface area contributed by atoms with Crippen LogP contribution in [0, 0.1) is 0 Å². The number of carbonyl (C=O) groups is 1. The Morgan fingerprint density at radius 1 is 1.10 bits per heavy atom. The van der Waals surface area contributed by atoms with Gasteiger partial charge in [0, 0.05) is 23.6 Å². The lowest BCUT2D eigenvalue weighted by atomic mass is 9.87. The maximum absolute atomic E-state index is 12.4. The summed E-state index contributed by atoms with van der Waals surface area (Å²) in [6, 6.07) is 15.5. The quantitative estimate of drug-likeness (QED) is 0.566. The molecule has 2 heterocycles. The van der Waals surface area contributed by atoms with E-state index in [1.807, 2.05) is 41.3 Å². The molecule has 29 heavy (non-hydrogen) atoms. The smallest absolute Gasteiger partial charge is 0.249 e. The van der Waals surface area contributed by atoms with Gasteiger partial charge in [-0.15, -0.1) is 0 Å². The fraction of sp³-hybridized carbons (Fsp3) is 0.348. The average molecular weight is 410 g/mol. The molecule has 1 aliphatic heterocycles. The summed E-state index contributed by atoms with van der Waals surface area (Å²) in [5.41, 5.74) is 3.27. The highest BCUT2D eigenvalue weighted by molar-refractivity contribution is 6.30. The van der Waals surface area contributed by atoms with Crippen LogP contribution in [0.3, 0.4) is 0 Å². The third-order valence-corrected chi connectivity index (χ3v) is 5.58. The van der Waals surface area contributed by atoms with Crippen LogP contribution in [0.5, 0.6) is 0 Å². The Hall–Kier alpha value is -2.66. The monoisotopic (exact) mass is 409 g/mol. The Balaban J connectivity index is 1.54. The van der Waals surface area contributed by atoms with Crippen molar-refractivity contribution in [1.29, 1.82) is 0 Å². The summed E-state index contributed by atoms with van der Waals surface area (Å²) in [4.78, 5) is 18.9. The first-order valence-corrected chi connectivity index (χ1v) is 10.2. The number of hydrogen-bond donors (Lipinski definition) is 0. The second-order valence-corrected chi connectivity index (χ2v) is 8.92. The lowest BCUT2D eigenvalue weighted by Gasteiger charge is -2.22. The van der Waals surface area contributed by atoms with Crippen molar-refractivity contribution in [3.63, 3.8) is 0 Å². The number of carbonyl (C=O) groups excluding carboxylic acids is 1. The van der Waals surface area contributed by atoms with Gasteiger partial charge in [-0.25, -0.2) is 0 Å². The van der Waals surface area contributed by atoms with Crippen LogP contribution in [0.25, 0.3) is 11.4 Å². The van der Waals surface area contributed by atoms with Crippen LogP contribution < -0.4 is 0 Å². The van der Waals surface area contributed by atoms with Crippen LogP contribution in [0.4, 0.5) is 0 Å². The van der Waals surface area contributed by atoms with Crippen LogP contribution in [0.2, 0.25) is 5.02 Å². The van der Waals surface area contributed by atoms with E-state index in [1.54, 1.807) is 0 Å². The zero-order valence-corrected chi connectivity index (χ0v) is 17.6. The van der Waals surface area contributed by atoms with Crippen LogP contribution >= 0.6 is 11.6 Å². The molecule has 1 aromatic heterocycles. The Morgan fingerprint density at radius 3 is 2.45 bits per heavy atom. The Bertz CT molecular complexity index is 1000. The van der Waals surface area contributed by atoms with Gasteiger partial charge in [-0.2, -0.15) is 4.98 Å². The minimum absolute atomic E-state index is 0.0906. The van der Waals surface area contributed by atoms with Crippen molar-refractivity contribution in [2.75, 3.05) is 0 Å². The zero-order valence-electron chi connectivity index (χ0n) is 16.9. The van der Waals surface area contributed by atoms with Crippen molar-refractivity contribution in [2.24, 2.45) is 0 Å². The molecular formula is C23H24ClN3O2. The number of aromatic nitrogens is 2. The van der Waals surface area contributed by atoms with Gasteiger partial charge in [-0.1, -0.05) is 73.9 Å². The lowest BCUT2D eigenvalue weighted by molar-refractivity contribution is -0.129. The van der Waals surface area contributed by atoms with E-state index in [9.17, 15) is 4.79 Å². The van der Waals surface area contributed by atoms with Gasteiger partial charge in [0.15, 0.2) is 0 Å². The van der Waals surface area contributed by atoms with Gasteiger partial charge in [0.2, 0.25) is 17.6 Å². The van der Waals surface area contributed by atoms with E-state index in [2.05, 4.69) is 43.0 Å². The molecule has 0 saturated carbocycles. The Kier molecular flexibility index (Phi) is 5.17. The van der Waals surface area contributed by atoms with Crippen molar-refractivity contribution in [3.8, 4) is 11.4 Å². The van der Waals surface area contributed by atoms with E-state index in [-0.39, 0.29) is 17.4 Å². The van der Waals surface area contributed by atoms with Crippen LogP contribution in [-0.4, -0.2) is 20.9 Å². The van der Waals surface area contributed by atoms with Crippen molar-refractivity contribution in [2.45, 2.75) is 51.6 Å². The third kappa shape index (κ3) is 4.20. The summed E-state index contributed by atoms with van der Waals surface area (Å²) in [5.74, 6) is 1.13. The van der Waals surface area contributed by atoms with E-state index < -0.39 is 0 Å². The number of nitrogens with zero attached hydrogens (tertiary/aromatic N) is 3. The summed E-state index contributed by atoms with van der Waals surface area (Å²) in [5, 5.41) is 4.84. The van der Waals surface area contributed by atoms with Gasteiger partial charge >= 0.3 is 0 Å². The first-order chi connectivity index (χ1) is 13.8. The third-order valence-electron chi connectivity index (χ3n) is 5.33. The molecule has 0 bridgehead atoms. The second kappa shape index (κ2) is 7.64. The lowest BCUT2D eigenvalue weighted by Crippen LogP contribution is -2.27. The molecule has 1 saturated heterocycles. The molecule has 5 nitrogen and oxygen atoms in total. The molecule has 3 aromatic rings. The highest BCUT2D eigenvalue weighted by Gasteiger charge is 2.36. The molecule has 0 spiro atoms. The van der Waals surface area contributed by atoms with Gasteiger partial charge < -0.3 is 9.42 Å². The van der Waals surface area contributed by atoms with Crippen LogP contribution in [0.15, 0.2) is 53.1 Å². The number of likely N-dealkylation sites (tertiary alicyclic amines) is 1. The minimum atomic E-state index is -0.201. The van der Waals surface area contributed by atoms with E-state index >= 15 is 0 Å². The maximum atomic E-state index is 12.4. The molecule has 0 N–H and O–H groups in total. The Morgan fingerprint density at radius 2 is 1.79 bits per heavy atom. The second-order valence-electron chi connectivity index (χ2n) is 8.49. The highest BCUT2D eigenvalue weighted by Crippen LogP contribution is 2.34. The molecule has 6 heteroatoms. The van der Waals surface area contributed by atoms with Crippen LogP contribution in [0.1, 0.15) is 56.7 Å². The fourth-order valence-electron chi connectivity index (χ4n) is 3.58. The van der Waals surface area contributed by atoms with Crippen molar-refractivity contribution in [1.82, 2.24) is 15.0 Å². The van der Waals surface area contributed by atoms with Gasteiger partial charge in [0.1, 0.15) is 6.04 Å². The molecule has 0 aliphatic carbocycles. The van der Waals surface area contributed by atoms with Gasteiger partial charge in [-0.05, 0) is 35.1 Å². The van der Waals surface area contributed by atoms with E-state index in [4.69, 9.17) is 16.1 Å². The molecule has 0 radical (unpaired) electrons.